The number of likely N-dealkylation sites (tertiary alicyclic amines) is 2. The van der Waals surface area contributed by atoms with Gasteiger partial charge >= 0.3 is 0 Å². The minimum atomic E-state index is -0.468. The van der Waals surface area contributed by atoms with Gasteiger partial charge in [-0.25, -0.2) is 0 Å². The second kappa shape index (κ2) is 8.42. The van der Waals surface area contributed by atoms with Crippen molar-refractivity contribution in [1.29, 1.82) is 0 Å². The van der Waals surface area contributed by atoms with Crippen molar-refractivity contribution in [2.75, 3.05) is 26.2 Å². The van der Waals surface area contributed by atoms with Crippen LogP contribution in [0.3, 0.4) is 0 Å². The smallest absolute Gasteiger partial charge is 0.271 e. The average Bonchev–Trinajstić information content (AvgIpc) is 3.40. The number of aryl methyl sites for hydroxylation is 1. The summed E-state index contributed by atoms with van der Waals surface area (Å²) in [6.07, 6.45) is 4.39. The highest BCUT2D eigenvalue weighted by Crippen LogP contribution is 2.40. The largest absolute Gasteiger partial charge is 0.342 e. The van der Waals surface area contributed by atoms with Gasteiger partial charge in [0.25, 0.3) is 5.91 Å². The first kappa shape index (κ1) is 20.3. The number of nitrogens with one attached hydrogen (secondary N) is 1. The van der Waals surface area contributed by atoms with Crippen molar-refractivity contribution in [2.45, 2.75) is 39.0 Å². The molecule has 7 heteroatoms. The number of nitrogens with zero attached hydrogens (tertiary/aromatic N) is 3. The first-order valence-electron chi connectivity index (χ1n) is 10.7. The summed E-state index contributed by atoms with van der Waals surface area (Å²) < 4.78 is 0. The number of Topliss-reactive ketones (excluding diaryl/α,β-unsaturated/α-hetero) is 1. The van der Waals surface area contributed by atoms with Crippen LogP contribution in [0.4, 0.5) is 0 Å². The highest BCUT2D eigenvalue weighted by molar-refractivity contribution is 5.98. The summed E-state index contributed by atoms with van der Waals surface area (Å²) in [4.78, 5) is 41.3. The molecule has 2 aliphatic heterocycles. The minimum Gasteiger partial charge on any atom is -0.342 e. The molecule has 2 saturated heterocycles. The third-order valence-corrected chi connectivity index (χ3v) is 6.37. The monoisotopic (exact) mass is 408 g/mol. The van der Waals surface area contributed by atoms with Crippen LogP contribution < -0.4 is 0 Å². The van der Waals surface area contributed by atoms with Crippen LogP contribution in [0.2, 0.25) is 0 Å². The Morgan fingerprint density at radius 2 is 1.97 bits per heavy atom. The Labute approximate surface area is 176 Å². The molecule has 30 heavy (non-hydrogen) atoms. The number of ketones is 1. The molecule has 4 rings (SSSR count). The number of aromatic amines is 1. The summed E-state index contributed by atoms with van der Waals surface area (Å²) >= 11 is 0. The van der Waals surface area contributed by atoms with E-state index in [2.05, 4.69) is 22.3 Å². The summed E-state index contributed by atoms with van der Waals surface area (Å²) in [7, 11) is 0. The summed E-state index contributed by atoms with van der Waals surface area (Å²) in [6, 6.07) is 11.8. The number of H-pyrrole nitrogens is 1. The van der Waals surface area contributed by atoms with E-state index in [9.17, 15) is 14.4 Å². The Balaban J connectivity index is 1.37. The summed E-state index contributed by atoms with van der Waals surface area (Å²) in [5, 5.41) is 6.56. The molecule has 0 aliphatic carbocycles. The molecular weight excluding hydrogens is 380 g/mol. The van der Waals surface area contributed by atoms with Crippen LogP contribution in [-0.2, 0) is 11.2 Å². The first-order valence-corrected chi connectivity index (χ1v) is 10.7. The lowest BCUT2D eigenvalue weighted by Crippen LogP contribution is -2.50. The van der Waals surface area contributed by atoms with E-state index in [-0.39, 0.29) is 23.3 Å². The fourth-order valence-electron chi connectivity index (χ4n) is 4.69. The van der Waals surface area contributed by atoms with Crippen LogP contribution in [0, 0.1) is 5.41 Å². The number of carbonyl (C=O) groups is 3. The lowest BCUT2D eigenvalue weighted by atomic mass is 9.78. The SMILES string of the molecule is CC(=O)c1cc(C(=O)N2CC[C@]3(CCCN(CCCc4ccccc4)C3=O)C2)[nH]n1. The Morgan fingerprint density at radius 3 is 2.70 bits per heavy atom. The van der Waals surface area contributed by atoms with E-state index in [4.69, 9.17) is 0 Å². The molecule has 1 N–H and O–H groups in total. The van der Waals surface area contributed by atoms with E-state index < -0.39 is 5.41 Å². The van der Waals surface area contributed by atoms with Crippen molar-refractivity contribution in [3.8, 4) is 0 Å². The second-order valence-corrected chi connectivity index (χ2v) is 8.46. The van der Waals surface area contributed by atoms with Crippen molar-refractivity contribution in [2.24, 2.45) is 5.41 Å². The predicted octanol–water partition coefficient (Wildman–Crippen LogP) is 2.70. The maximum absolute atomic E-state index is 13.3. The fraction of sp³-hybridized carbons (Fsp3) is 0.478. The molecule has 1 aromatic carbocycles. The van der Waals surface area contributed by atoms with Gasteiger partial charge in [-0.3, -0.25) is 19.5 Å². The van der Waals surface area contributed by atoms with Crippen LogP contribution in [-0.4, -0.2) is 63.8 Å². The van der Waals surface area contributed by atoms with Crippen LogP contribution in [0.1, 0.15) is 59.1 Å². The predicted molar refractivity (Wildman–Crippen MR) is 112 cm³/mol. The molecule has 2 aliphatic rings. The Bertz CT molecular complexity index is 939. The fourth-order valence-corrected chi connectivity index (χ4v) is 4.69. The number of rotatable bonds is 6. The molecule has 1 atom stereocenters. The number of aromatic nitrogens is 2. The van der Waals surface area contributed by atoms with Crippen LogP contribution in [0.5, 0.6) is 0 Å². The highest BCUT2D eigenvalue weighted by Gasteiger charge is 2.49. The molecule has 0 radical (unpaired) electrons. The third-order valence-electron chi connectivity index (χ3n) is 6.37. The topological polar surface area (TPSA) is 86.4 Å². The number of carbonyl (C=O) groups excluding carboxylic acids is 3. The van der Waals surface area contributed by atoms with Gasteiger partial charge in [-0.1, -0.05) is 30.3 Å². The molecule has 2 amide bonds. The van der Waals surface area contributed by atoms with Crippen molar-refractivity contribution in [3.63, 3.8) is 0 Å². The first-order chi connectivity index (χ1) is 14.5. The second-order valence-electron chi connectivity index (χ2n) is 8.46. The van der Waals surface area contributed by atoms with E-state index in [0.29, 0.717) is 25.2 Å². The Kier molecular flexibility index (Phi) is 5.70. The van der Waals surface area contributed by atoms with Crippen molar-refractivity contribution < 1.29 is 14.4 Å². The van der Waals surface area contributed by atoms with Gasteiger partial charge in [-0.15, -0.1) is 0 Å². The van der Waals surface area contributed by atoms with E-state index >= 15 is 0 Å². The molecule has 3 heterocycles. The number of amides is 2. The summed E-state index contributed by atoms with van der Waals surface area (Å²) in [5.74, 6) is -0.191. The number of hydrogen-bond acceptors (Lipinski definition) is 4. The zero-order chi connectivity index (χ0) is 21.1. The molecule has 1 aromatic heterocycles. The molecule has 2 fully saturated rings. The zero-order valence-corrected chi connectivity index (χ0v) is 17.4. The average molecular weight is 409 g/mol. The molecule has 1 spiro atoms. The van der Waals surface area contributed by atoms with Gasteiger partial charge in [-0.05, 0) is 43.7 Å². The molecule has 0 bridgehead atoms. The molecule has 2 aromatic rings. The van der Waals surface area contributed by atoms with Gasteiger partial charge in [0.05, 0.1) is 5.41 Å². The van der Waals surface area contributed by atoms with Crippen LogP contribution in [0.25, 0.3) is 0 Å². The number of hydrogen-bond donors (Lipinski definition) is 1. The summed E-state index contributed by atoms with van der Waals surface area (Å²) in [6.45, 7) is 3.96. The Morgan fingerprint density at radius 1 is 1.17 bits per heavy atom. The van der Waals surface area contributed by atoms with Gasteiger partial charge in [0, 0.05) is 33.1 Å². The molecular formula is C23H28N4O3. The van der Waals surface area contributed by atoms with Crippen molar-refractivity contribution in [1.82, 2.24) is 20.0 Å². The molecule has 7 nitrogen and oxygen atoms in total. The third kappa shape index (κ3) is 4.01. The Hall–Kier alpha value is -2.96. The van der Waals surface area contributed by atoms with Gasteiger partial charge in [0.2, 0.25) is 5.91 Å². The lowest BCUT2D eigenvalue weighted by molar-refractivity contribution is -0.145. The van der Waals surface area contributed by atoms with Crippen molar-refractivity contribution in [3.05, 3.63) is 53.3 Å². The van der Waals surface area contributed by atoms with E-state index in [1.165, 1.54) is 18.6 Å². The highest BCUT2D eigenvalue weighted by atomic mass is 16.2. The summed E-state index contributed by atoms with van der Waals surface area (Å²) in [5.41, 5.74) is 1.38. The van der Waals surface area contributed by atoms with Crippen molar-refractivity contribution >= 4 is 17.6 Å². The number of benzene rings is 1. The normalized spacial score (nSPS) is 21.4. The number of piperidine rings is 1. The van der Waals surface area contributed by atoms with Gasteiger partial charge < -0.3 is 9.80 Å². The molecule has 0 unspecified atom stereocenters. The van der Waals surface area contributed by atoms with E-state index in [1.807, 2.05) is 23.1 Å². The molecule has 0 saturated carbocycles. The molecule has 158 valence electrons. The van der Waals surface area contributed by atoms with E-state index in [0.717, 1.165) is 38.8 Å². The quantitative estimate of drug-likeness (QED) is 0.745. The van der Waals surface area contributed by atoms with Crippen LogP contribution in [0.15, 0.2) is 36.4 Å². The van der Waals surface area contributed by atoms with Gasteiger partial charge in [0.15, 0.2) is 5.78 Å². The standard InChI is InChI=1S/C23H28N4O3/c1-17(28)19-15-20(25-24-19)21(29)27-14-11-23(16-27)10-6-13-26(22(23)30)12-5-9-18-7-3-2-4-8-18/h2-4,7-8,15H,5-6,9-14,16H2,1H3,(H,24,25)/t23-/m1/s1. The maximum Gasteiger partial charge on any atom is 0.271 e. The zero-order valence-electron chi connectivity index (χ0n) is 17.4. The van der Waals surface area contributed by atoms with Crippen LogP contribution >= 0.6 is 0 Å². The lowest BCUT2D eigenvalue weighted by Gasteiger charge is -2.39. The van der Waals surface area contributed by atoms with E-state index in [1.54, 1.807) is 4.90 Å². The van der Waals surface area contributed by atoms with Gasteiger partial charge in [-0.2, -0.15) is 5.10 Å². The van der Waals surface area contributed by atoms with Gasteiger partial charge in [0.1, 0.15) is 11.4 Å². The minimum absolute atomic E-state index is 0.184. The maximum atomic E-state index is 13.3.